The summed E-state index contributed by atoms with van der Waals surface area (Å²) in [5, 5.41) is 7.82. The monoisotopic (exact) mass is 600 g/mol. The van der Waals surface area contributed by atoms with E-state index in [1.165, 1.54) is 54.4 Å². The Balaban J connectivity index is 1.34. The highest BCUT2D eigenvalue weighted by molar-refractivity contribution is 6.36. The molecule has 9 aromatic rings. The van der Waals surface area contributed by atoms with E-state index >= 15 is 0 Å². The minimum Gasteiger partial charge on any atom is -0.329 e. The first-order chi connectivity index (χ1) is 23.2. The molecule has 2 atom stereocenters. The van der Waals surface area contributed by atoms with Crippen molar-refractivity contribution in [2.24, 2.45) is 0 Å². The lowest BCUT2D eigenvalue weighted by molar-refractivity contribution is 0.317. The van der Waals surface area contributed by atoms with E-state index in [-0.39, 0.29) is 11.6 Å². The SMILES string of the molecule is CC12C=CC=CC1n1c3ccccc3c3c4ccccc4c4c5ccc(-c6nc7ccccc7nc6-c6ccccc6)cc5n2c4c31. The van der Waals surface area contributed by atoms with Crippen LogP contribution in [-0.4, -0.2) is 19.1 Å². The summed E-state index contributed by atoms with van der Waals surface area (Å²) < 4.78 is 5.25. The fourth-order valence-corrected chi connectivity index (χ4v) is 8.68. The molecular weight excluding hydrogens is 573 g/mol. The first-order valence-electron chi connectivity index (χ1n) is 16.3. The maximum absolute atomic E-state index is 5.28. The van der Waals surface area contributed by atoms with Gasteiger partial charge in [0.25, 0.3) is 0 Å². The summed E-state index contributed by atoms with van der Waals surface area (Å²) in [6, 6.07) is 43.6. The Kier molecular flexibility index (Phi) is 4.74. The number of benzene rings is 6. The van der Waals surface area contributed by atoms with Gasteiger partial charge in [-0.3, -0.25) is 0 Å². The van der Waals surface area contributed by atoms with E-state index in [0.29, 0.717) is 0 Å². The van der Waals surface area contributed by atoms with Gasteiger partial charge in [0.15, 0.2) is 0 Å². The average molecular weight is 601 g/mol. The average Bonchev–Trinajstić information content (AvgIpc) is 3.66. The van der Waals surface area contributed by atoms with E-state index in [9.17, 15) is 0 Å². The Labute approximate surface area is 270 Å². The summed E-state index contributed by atoms with van der Waals surface area (Å²) in [7, 11) is 0. The fraction of sp³-hybridized carbons (Fsp3) is 0.0698. The van der Waals surface area contributed by atoms with Gasteiger partial charge in [0.1, 0.15) is 0 Å². The molecule has 47 heavy (non-hydrogen) atoms. The zero-order valence-electron chi connectivity index (χ0n) is 25.7. The highest BCUT2D eigenvalue weighted by Crippen LogP contribution is 2.54. The Morgan fingerprint density at radius 3 is 1.94 bits per heavy atom. The molecule has 0 N–H and O–H groups in total. The van der Waals surface area contributed by atoms with Crippen molar-refractivity contribution >= 4 is 65.4 Å². The van der Waals surface area contributed by atoms with Crippen LogP contribution in [0.2, 0.25) is 0 Å². The minimum absolute atomic E-state index is 0.117. The number of nitrogens with zero attached hydrogens (tertiary/aromatic N) is 4. The van der Waals surface area contributed by atoms with Gasteiger partial charge in [0, 0.05) is 38.2 Å². The van der Waals surface area contributed by atoms with Gasteiger partial charge in [-0.2, -0.15) is 0 Å². The number of fused-ring (bicyclic) bond motifs is 13. The molecule has 0 amide bonds. The van der Waals surface area contributed by atoms with Gasteiger partial charge >= 0.3 is 0 Å². The molecule has 3 aromatic heterocycles. The van der Waals surface area contributed by atoms with Crippen LogP contribution in [0.3, 0.4) is 0 Å². The second-order valence-corrected chi connectivity index (χ2v) is 13.1. The van der Waals surface area contributed by atoms with Gasteiger partial charge in [-0.1, -0.05) is 121 Å². The smallest absolute Gasteiger partial charge is 0.0973 e. The molecule has 4 nitrogen and oxygen atoms in total. The Morgan fingerprint density at radius 1 is 0.553 bits per heavy atom. The molecule has 0 spiro atoms. The fourth-order valence-electron chi connectivity index (χ4n) is 8.68. The molecule has 0 bridgehead atoms. The quantitative estimate of drug-likeness (QED) is 0.198. The van der Waals surface area contributed by atoms with Crippen molar-refractivity contribution < 1.29 is 0 Å². The van der Waals surface area contributed by atoms with Gasteiger partial charge in [-0.15, -0.1) is 0 Å². The summed E-state index contributed by atoms with van der Waals surface area (Å²) in [5.74, 6) is 0. The van der Waals surface area contributed by atoms with Crippen molar-refractivity contribution in [1.82, 2.24) is 19.1 Å². The molecule has 11 rings (SSSR count). The summed E-state index contributed by atoms with van der Waals surface area (Å²) in [6.07, 6.45) is 9.21. The van der Waals surface area contributed by atoms with E-state index < -0.39 is 0 Å². The highest BCUT2D eigenvalue weighted by atomic mass is 15.2. The van der Waals surface area contributed by atoms with Crippen molar-refractivity contribution in [3.8, 4) is 22.5 Å². The molecule has 0 saturated heterocycles. The van der Waals surface area contributed by atoms with Crippen molar-refractivity contribution in [2.75, 3.05) is 0 Å². The molecule has 1 aliphatic carbocycles. The number of hydrogen-bond donors (Lipinski definition) is 0. The zero-order valence-corrected chi connectivity index (χ0v) is 25.7. The molecule has 1 aliphatic heterocycles. The summed E-state index contributed by atoms with van der Waals surface area (Å²) >= 11 is 0. The Morgan fingerprint density at radius 2 is 1.17 bits per heavy atom. The lowest BCUT2D eigenvalue weighted by Gasteiger charge is -2.42. The predicted molar refractivity (Wildman–Crippen MR) is 195 cm³/mol. The van der Waals surface area contributed by atoms with E-state index in [4.69, 9.17) is 9.97 Å². The summed E-state index contributed by atoms with van der Waals surface area (Å²) in [4.78, 5) is 10.5. The molecular formula is C43H28N4. The molecule has 4 heteroatoms. The molecule has 0 radical (unpaired) electrons. The zero-order chi connectivity index (χ0) is 30.9. The second-order valence-electron chi connectivity index (χ2n) is 13.1. The van der Waals surface area contributed by atoms with Crippen LogP contribution in [0.15, 0.2) is 146 Å². The molecule has 6 aromatic carbocycles. The van der Waals surface area contributed by atoms with E-state index in [1.807, 2.05) is 24.3 Å². The predicted octanol–water partition coefficient (Wildman–Crippen LogP) is 10.7. The second kappa shape index (κ2) is 8.83. The largest absolute Gasteiger partial charge is 0.329 e. The standard InChI is InChI=1S/C43H28N4/c1-43-24-12-11-21-36(43)46-34-20-10-7-17-30(34)37-28-15-5-6-16-29(28)38-31-23-22-27(25-35(31)47(43)42(38)41(37)46)40-39(26-13-3-2-4-14-26)44-32-18-8-9-19-33(32)45-40/h2-25,36H,1H3. The van der Waals surface area contributed by atoms with Gasteiger partial charge in [-0.25, -0.2) is 9.97 Å². The van der Waals surface area contributed by atoms with Gasteiger partial charge in [-0.05, 0) is 42.0 Å². The molecule has 4 heterocycles. The number of rotatable bonds is 2. The van der Waals surface area contributed by atoms with Crippen molar-refractivity contribution in [2.45, 2.75) is 18.5 Å². The van der Waals surface area contributed by atoms with Crippen LogP contribution in [0.25, 0.3) is 87.9 Å². The first-order valence-corrected chi connectivity index (χ1v) is 16.3. The highest BCUT2D eigenvalue weighted by Gasteiger charge is 2.43. The van der Waals surface area contributed by atoms with E-state index in [0.717, 1.165) is 33.5 Å². The van der Waals surface area contributed by atoms with Gasteiger partial charge < -0.3 is 9.13 Å². The normalized spacial score (nSPS) is 18.4. The van der Waals surface area contributed by atoms with Crippen LogP contribution in [-0.2, 0) is 5.54 Å². The lowest BCUT2D eigenvalue weighted by Crippen LogP contribution is -2.40. The van der Waals surface area contributed by atoms with Crippen molar-refractivity contribution in [3.05, 3.63) is 146 Å². The van der Waals surface area contributed by atoms with Crippen LogP contribution >= 0.6 is 0 Å². The molecule has 2 aliphatic rings. The minimum atomic E-state index is -0.325. The Bertz CT molecular complexity index is 2870. The summed E-state index contributed by atoms with van der Waals surface area (Å²) in [5.41, 5.74) is 10.5. The van der Waals surface area contributed by atoms with E-state index in [2.05, 4.69) is 137 Å². The molecule has 0 fully saturated rings. The topological polar surface area (TPSA) is 35.6 Å². The Hall–Kier alpha value is -6.00. The van der Waals surface area contributed by atoms with Crippen LogP contribution in [0.4, 0.5) is 0 Å². The number of aromatic nitrogens is 4. The number of para-hydroxylation sites is 3. The van der Waals surface area contributed by atoms with Crippen LogP contribution in [0.1, 0.15) is 13.0 Å². The third-order valence-electron chi connectivity index (χ3n) is 10.7. The van der Waals surface area contributed by atoms with Crippen LogP contribution in [0.5, 0.6) is 0 Å². The molecule has 0 saturated carbocycles. The lowest BCUT2D eigenvalue weighted by atomic mass is 9.85. The maximum Gasteiger partial charge on any atom is 0.0973 e. The van der Waals surface area contributed by atoms with Crippen LogP contribution in [0, 0.1) is 0 Å². The van der Waals surface area contributed by atoms with Crippen molar-refractivity contribution in [3.63, 3.8) is 0 Å². The van der Waals surface area contributed by atoms with Gasteiger partial charge in [0.05, 0.1) is 50.6 Å². The number of hydrogen-bond acceptors (Lipinski definition) is 2. The van der Waals surface area contributed by atoms with Crippen LogP contribution < -0.4 is 0 Å². The molecule has 2 unspecified atom stereocenters. The third-order valence-corrected chi connectivity index (χ3v) is 10.7. The number of allylic oxidation sites excluding steroid dienone is 4. The van der Waals surface area contributed by atoms with Crippen molar-refractivity contribution in [1.29, 1.82) is 0 Å². The first kappa shape index (κ1) is 25.2. The molecule has 220 valence electrons. The third kappa shape index (κ3) is 3.12. The summed E-state index contributed by atoms with van der Waals surface area (Å²) in [6.45, 7) is 2.40. The maximum atomic E-state index is 5.28. The van der Waals surface area contributed by atoms with E-state index in [1.54, 1.807) is 0 Å². The van der Waals surface area contributed by atoms with Gasteiger partial charge in [0.2, 0.25) is 0 Å².